The molecular formula is C22H32NO4Si. The molecule has 153 valence electrons. The van der Waals surface area contributed by atoms with E-state index in [1.54, 1.807) is 14.2 Å². The fourth-order valence-electron chi connectivity index (χ4n) is 2.77. The Labute approximate surface area is 170 Å². The van der Waals surface area contributed by atoms with Crippen molar-refractivity contribution in [3.8, 4) is 17.2 Å². The summed E-state index contributed by atoms with van der Waals surface area (Å²) in [5.74, 6) is 1.71. The molecule has 0 heterocycles. The molecule has 28 heavy (non-hydrogen) atoms. The first-order chi connectivity index (χ1) is 13.1. The van der Waals surface area contributed by atoms with Crippen molar-refractivity contribution in [2.45, 2.75) is 38.5 Å². The summed E-state index contributed by atoms with van der Waals surface area (Å²) in [4.78, 5) is 1.99. The highest BCUT2D eigenvalue weighted by molar-refractivity contribution is 6.54. The van der Waals surface area contributed by atoms with Gasteiger partial charge in [0.25, 0.3) is 9.04 Å². The van der Waals surface area contributed by atoms with Gasteiger partial charge in [-0.3, -0.25) is 0 Å². The molecule has 1 unspecified atom stereocenters. The van der Waals surface area contributed by atoms with Crippen molar-refractivity contribution in [3.63, 3.8) is 0 Å². The first-order valence-electron chi connectivity index (χ1n) is 9.32. The summed E-state index contributed by atoms with van der Waals surface area (Å²) in [6.45, 7) is 8.61. The van der Waals surface area contributed by atoms with Crippen LogP contribution in [0.15, 0.2) is 36.4 Å². The van der Waals surface area contributed by atoms with Crippen LogP contribution in [0, 0.1) is 0 Å². The highest BCUT2D eigenvalue weighted by Gasteiger charge is 2.29. The number of ether oxygens (including phenoxy) is 2. The minimum atomic E-state index is -1.15. The van der Waals surface area contributed by atoms with Crippen molar-refractivity contribution < 1.29 is 19.0 Å². The molecule has 5 nitrogen and oxygen atoms in total. The lowest BCUT2D eigenvalue weighted by Gasteiger charge is -2.27. The Morgan fingerprint density at radius 3 is 2.00 bits per heavy atom. The normalized spacial score (nSPS) is 12.6. The highest BCUT2D eigenvalue weighted by atomic mass is 28.3. The number of hydrogen-bond acceptors (Lipinski definition) is 5. The van der Waals surface area contributed by atoms with Gasteiger partial charge in [-0.2, -0.15) is 0 Å². The predicted molar refractivity (Wildman–Crippen MR) is 116 cm³/mol. The molecular weight excluding hydrogens is 370 g/mol. The monoisotopic (exact) mass is 402 g/mol. The molecule has 2 rings (SSSR count). The van der Waals surface area contributed by atoms with Gasteiger partial charge in [-0.15, -0.1) is 0 Å². The quantitative estimate of drug-likeness (QED) is 0.683. The molecule has 0 saturated carbocycles. The highest BCUT2D eigenvalue weighted by Crippen LogP contribution is 2.43. The third-order valence-electron chi connectivity index (χ3n) is 4.82. The molecule has 2 aromatic carbocycles. The van der Waals surface area contributed by atoms with Crippen molar-refractivity contribution in [3.05, 3.63) is 47.5 Å². The Morgan fingerprint density at radius 2 is 1.54 bits per heavy atom. The van der Waals surface area contributed by atoms with Crippen LogP contribution < -0.4 is 18.8 Å². The largest absolute Gasteiger partial charge is 0.537 e. The van der Waals surface area contributed by atoms with Crippen molar-refractivity contribution in [2.24, 2.45) is 0 Å². The van der Waals surface area contributed by atoms with Gasteiger partial charge in [0.05, 0.1) is 14.2 Å². The maximum Gasteiger partial charge on any atom is 0.283 e. The number of methoxy groups -OCH3 is 2. The topological polar surface area (TPSA) is 51.2 Å². The van der Waals surface area contributed by atoms with E-state index in [4.69, 9.17) is 13.9 Å². The van der Waals surface area contributed by atoms with E-state index >= 15 is 0 Å². The van der Waals surface area contributed by atoms with E-state index in [1.807, 2.05) is 55.4 Å². The van der Waals surface area contributed by atoms with Crippen molar-refractivity contribution in [2.75, 3.05) is 33.2 Å². The molecule has 0 aliphatic rings. The van der Waals surface area contributed by atoms with E-state index in [2.05, 4.69) is 27.3 Å². The Balaban J connectivity index is 2.50. The third-order valence-corrected chi connectivity index (χ3v) is 7.45. The number of anilines is 1. The zero-order chi connectivity index (χ0) is 21.1. The van der Waals surface area contributed by atoms with Crippen molar-refractivity contribution >= 4 is 14.7 Å². The average molecular weight is 403 g/mol. The van der Waals surface area contributed by atoms with Gasteiger partial charge in [-0.25, -0.2) is 0 Å². The average Bonchev–Trinajstić information content (AvgIpc) is 2.66. The number of para-hydroxylation sites is 1. The van der Waals surface area contributed by atoms with Crippen LogP contribution in [0.25, 0.3) is 0 Å². The van der Waals surface area contributed by atoms with Crippen LogP contribution in [0.3, 0.4) is 0 Å². The summed E-state index contributed by atoms with van der Waals surface area (Å²) in [6, 6.07) is 11.4. The van der Waals surface area contributed by atoms with Gasteiger partial charge in [-0.1, -0.05) is 39.0 Å². The van der Waals surface area contributed by atoms with E-state index < -0.39 is 15.1 Å². The number of rotatable bonds is 7. The number of aliphatic hydroxyl groups excluding tert-OH is 1. The van der Waals surface area contributed by atoms with E-state index in [0.717, 1.165) is 11.3 Å². The molecule has 0 bridgehead atoms. The fourth-order valence-corrected chi connectivity index (χ4v) is 3.58. The van der Waals surface area contributed by atoms with Crippen LogP contribution in [0.4, 0.5) is 5.69 Å². The molecule has 0 fully saturated rings. The van der Waals surface area contributed by atoms with Gasteiger partial charge in [0.2, 0.25) is 0 Å². The molecule has 0 aliphatic heterocycles. The van der Waals surface area contributed by atoms with Crippen molar-refractivity contribution in [1.29, 1.82) is 0 Å². The fraction of sp³-hybridized carbons (Fsp3) is 0.455. The van der Waals surface area contributed by atoms with Gasteiger partial charge in [0.1, 0.15) is 6.10 Å². The Bertz CT molecular complexity index is 776. The molecule has 0 spiro atoms. The zero-order valence-corrected chi connectivity index (χ0v) is 19.2. The van der Waals surface area contributed by atoms with Crippen LogP contribution in [0.2, 0.25) is 11.6 Å². The molecule has 0 aliphatic carbocycles. The molecule has 0 amide bonds. The Hall–Kier alpha value is -2.18. The van der Waals surface area contributed by atoms with Gasteiger partial charge in [-0.05, 0) is 35.3 Å². The van der Waals surface area contributed by atoms with E-state index in [0.29, 0.717) is 22.8 Å². The summed E-state index contributed by atoms with van der Waals surface area (Å²) in [6.07, 6.45) is -0.815. The van der Waals surface area contributed by atoms with Crippen LogP contribution >= 0.6 is 0 Å². The lowest BCUT2D eigenvalue weighted by molar-refractivity contribution is 0.219. The SMILES string of the molecule is COc1cc(C(O)c2ccccc2N(C)C)cc(OC)c1O[Si](C)C(C)(C)C. The molecule has 6 heteroatoms. The van der Waals surface area contributed by atoms with Gasteiger partial charge >= 0.3 is 0 Å². The lowest BCUT2D eigenvalue weighted by atomic mass is 9.98. The number of hydrogen-bond donors (Lipinski definition) is 1. The summed E-state index contributed by atoms with van der Waals surface area (Å²) in [5.41, 5.74) is 2.47. The molecule has 2 aromatic rings. The first kappa shape index (κ1) is 22.1. The maximum absolute atomic E-state index is 11.1. The van der Waals surface area contributed by atoms with Gasteiger partial charge in [0, 0.05) is 25.3 Å². The second-order valence-electron chi connectivity index (χ2n) is 8.02. The van der Waals surface area contributed by atoms with Crippen LogP contribution in [-0.4, -0.2) is 42.5 Å². The third kappa shape index (κ3) is 4.80. The minimum Gasteiger partial charge on any atom is -0.537 e. The second-order valence-corrected chi connectivity index (χ2v) is 10.8. The zero-order valence-electron chi connectivity index (χ0n) is 18.2. The summed E-state index contributed by atoms with van der Waals surface area (Å²) in [5, 5.41) is 11.2. The molecule has 0 aromatic heterocycles. The molecule has 1 radical (unpaired) electrons. The van der Waals surface area contributed by atoms with E-state index in [1.165, 1.54) is 0 Å². The number of benzene rings is 2. The Morgan fingerprint density at radius 1 is 1.00 bits per heavy atom. The van der Waals surface area contributed by atoms with Gasteiger partial charge in [0.15, 0.2) is 17.2 Å². The molecule has 0 saturated heterocycles. The standard InChI is InChI=1S/C22H32NO4Si/c1-22(2,3)28(8)27-21-18(25-6)13-15(14-19(21)26-7)20(24)16-11-9-10-12-17(16)23(4)5/h9-14,20,24H,1-8H3. The van der Waals surface area contributed by atoms with E-state index in [-0.39, 0.29) is 5.04 Å². The van der Waals surface area contributed by atoms with Crippen LogP contribution in [-0.2, 0) is 0 Å². The van der Waals surface area contributed by atoms with Crippen LogP contribution in [0.1, 0.15) is 38.0 Å². The number of nitrogens with zero attached hydrogens (tertiary/aromatic N) is 1. The minimum absolute atomic E-state index is 0.0591. The predicted octanol–water partition coefficient (Wildman–Crippen LogP) is 4.65. The summed E-state index contributed by atoms with van der Waals surface area (Å²) < 4.78 is 17.5. The maximum atomic E-state index is 11.1. The van der Waals surface area contributed by atoms with Crippen molar-refractivity contribution in [1.82, 2.24) is 0 Å². The van der Waals surface area contributed by atoms with Gasteiger partial charge < -0.3 is 23.9 Å². The number of aliphatic hydroxyl groups is 1. The summed E-state index contributed by atoms with van der Waals surface area (Å²) in [7, 11) is 5.97. The lowest BCUT2D eigenvalue weighted by Crippen LogP contribution is -2.29. The second kappa shape index (κ2) is 8.88. The molecule has 1 atom stereocenters. The smallest absolute Gasteiger partial charge is 0.283 e. The van der Waals surface area contributed by atoms with Crippen LogP contribution in [0.5, 0.6) is 17.2 Å². The molecule has 1 N–H and O–H groups in total. The Kier molecular flexibility index (Phi) is 7.01. The van der Waals surface area contributed by atoms with E-state index in [9.17, 15) is 5.11 Å². The summed E-state index contributed by atoms with van der Waals surface area (Å²) >= 11 is 0. The first-order valence-corrected chi connectivity index (χ1v) is 11.2.